The van der Waals surface area contributed by atoms with Crippen molar-refractivity contribution in [3.05, 3.63) is 70.0 Å². The van der Waals surface area contributed by atoms with E-state index in [0.29, 0.717) is 11.4 Å². The summed E-state index contributed by atoms with van der Waals surface area (Å²) in [4.78, 5) is 11.6. The number of aryl methyl sites for hydroxylation is 1. The zero-order valence-corrected chi connectivity index (χ0v) is 14.9. The van der Waals surface area contributed by atoms with Crippen molar-refractivity contribution < 1.29 is 19.1 Å². The predicted octanol–water partition coefficient (Wildman–Crippen LogP) is 4.02. The van der Waals surface area contributed by atoms with Gasteiger partial charge >= 0.3 is 0 Å². The van der Waals surface area contributed by atoms with Crippen LogP contribution in [0.25, 0.3) is 0 Å². The fourth-order valence-corrected chi connectivity index (χ4v) is 3.14. The van der Waals surface area contributed by atoms with E-state index in [1.165, 1.54) is 19.2 Å². The average molecular weight is 366 g/mol. The summed E-state index contributed by atoms with van der Waals surface area (Å²) in [6, 6.07) is 11.8. The molecule has 0 heterocycles. The second kappa shape index (κ2) is 8.94. The number of hydrogen-bond acceptors (Lipinski definition) is 3. The molecule has 2 atom stereocenters. The molecule has 0 spiro atoms. The largest absolute Gasteiger partial charge is 0.380 e. The standard InChI is InChI=1S/C19H21ClFNO3/c1-12-9-15(20)6-3-14(12)10-17(13-4-7-16(21)8-5-13)18(25-2)11-19(23)22-24/h3-9,17-18,24H,10-11H2,1-2H3,(H,22,23)/t17?,18-/m1/s1. The number of hydroxylamine groups is 1. The smallest absolute Gasteiger partial charge is 0.245 e. The van der Waals surface area contributed by atoms with Crippen LogP contribution in [0.1, 0.15) is 29.0 Å². The SMILES string of the molecule is CO[C@H](CC(=O)NO)C(Cc1ccc(Cl)cc1C)c1ccc(F)cc1. The fraction of sp³-hybridized carbons (Fsp3) is 0.316. The van der Waals surface area contributed by atoms with E-state index in [1.807, 2.05) is 25.1 Å². The van der Waals surface area contributed by atoms with Crippen LogP contribution in [0.2, 0.25) is 5.02 Å². The van der Waals surface area contributed by atoms with Crippen LogP contribution in [0.5, 0.6) is 0 Å². The summed E-state index contributed by atoms with van der Waals surface area (Å²) in [5, 5.41) is 9.47. The minimum atomic E-state index is -0.535. The number of rotatable bonds is 7. The topological polar surface area (TPSA) is 58.6 Å². The van der Waals surface area contributed by atoms with Gasteiger partial charge in [-0.05, 0) is 54.3 Å². The number of hydrogen-bond donors (Lipinski definition) is 2. The second-order valence-electron chi connectivity index (χ2n) is 5.95. The van der Waals surface area contributed by atoms with E-state index in [4.69, 9.17) is 21.5 Å². The summed E-state index contributed by atoms with van der Waals surface area (Å²) in [5.74, 6) is -1.05. The van der Waals surface area contributed by atoms with Crippen LogP contribution < -0.4 is 5.48 Å². The van der Waals surface area contributed by atoms with Crippen molar-refractivity contribution in [1.29, 1.82) is 0 Å². The Balaban J connectivity index is 2.36. The third-order valence-electron chi connectivity index (χ3n) is 4.31. The highest BCUT2D eigenvalue weighted by molar-refractivity contribution is 6.30. The van der Waals surface area contributed by atoms with Crippen molar-refractivity contribution >= 4 is 17.5 Å². The first-order chi connectivity index (χ1) is 11.9. The number of methoxy groups -OCH3 is 1. The van der Waals surface area contributed by atoms with Gasteiger partial charge in [0.15, 0.2) is 0 Å². The van der Waals surface area contributed by atoms with Crippen molar-refractivity contribution in [2.75, 3.05) is 7.11 Å². The van der Waals surface area contributed by atoms with Gasteiger partial charge < -0.3 is 4.74 Å². The Hall–Kier alpha value is -1.95. The fourth-order valence-electron chi connectivity index (χ4n) is 2.92. The molecule has 0 radical (unpaired) electrons. The molecule has 134 valence electrons. The number of carbonyl (C=O) groups is 1. The van der Waals surface area contributed by atoms with Crippen molar-refractivity contribution in [2.45, 2.75) is 31.8 Å². The lowest BCUT2D eigenvalue weighted by atomic mass is 9.84. The molecule has 0 saturated heterocycles. The summed E-state index contributed by atoms with van der Waals surface area (Å²) in [5.41, 5.74) is 4.58. The third kappa shape index (κ3) is 5.26. The van der Waals surface area contributed by atoms with Gasteiger partial charge in [-0.1, -0.05) is 29.8 Å². The zero-order chi connectivity index (χ0) is 18.4. The van der Waals surface area contributed by atoms with Crippen LogP contribution in [-0.2, 0) is 16.0 Å². The highest BCUT2D eigenvalue weighted by Gasteiger charge is 2.26. The molecule has 0 fully saturated rings. The van der Waals surface area contributed by atoms with Crippen LogP contribution in [-0.4, -0.2) is 24.3 Å². The maximum atomic E-state index is 13.3. The van der Waals surface area contributed by atoms with Crippen LogP contribution in [0.4, 0.5) is 4.39 Å². The highest BCUT2D eigenvalue weighted by Crippen LogP contribution is 2.30. The lowest BCUT2D eigenvalue weighted by Gasteiger charge is -2.27. The average Bonchev–Trinajstić information content (AvgIpc) is 2.60. The van der Waals surface area contributed by atoms with Crippen LogP contribution in [0, 0.1) is 12.7 Å². The molecule has 25 heavy (non-hydrogen) atoms. The Morgan fingerprint density at radius 3 is 2.52 bits per heavy atom. The molecular formula is C19H21ClFNO3. The van der Waals surface area contributed by atoms with Crippen molar-refractivity contribution in [2.24, 2.45) is 0 Å². The number of nitrogens with one attached hydrogen (secondary N) is 1. The number of benzene rings is 2. The van der Waals surface area contributed by atoms with E-state index in [9.17, 15) is 9.18 Å². The Kier molecular flexibility index (Phi) is 6.93. The molecule has 2 rings (SSSR count). The van der Waals surface area contributed by atoms with Gasteiger partial charge in [-0.2, -0.15) is 0 Å². The molecule has 0 aromatic heterocycles. The van der Waals surface area contributed by atoms with E-state index >= 15 is 0 Å². The van der Waals surface area contributed by atoms with E-state index in [2.05, 4.69) is 0 Å². The van der Waals surface area contributed by atoms with Gasteiger partial charge in [0, 0.05) is 18.1 Å². The number of ether oxygens (including phenoxy) is 1. The molecule has 2 aromatic carbocycles. The Labute approximate surface area is 151 Å². The quantitative estimate of drug-likeness (QED) is 0.575. The highest BCUT2D eigenvalue weighted by atomic mass is 35.5. The minimum Gasteiger partial charge on any atom is -0.380 e. The van der Waals surface area contributed by atoms with Gasteiger partial charge in [-0.25, -0.2) is 9.87 Å². The first-order valence-electron chi connectivity index (χ1n) is 7.90. The predicted molar refractivity (Wildman–Crippen MR) is 94.4 cm³/mol. The minimum absolute atomic E-state index is 0.0122. The molecule has 0 saturated carbocycles. The van der Waals surface area contributed by atoms with Gasteiger partial charge in [0.05, 0.1) is 12.5 Å². The monoisotopic (exact) mass is 365 g/mol. The van der Waals surface area contributed by atoms with Crippen LogP contribution >= 0.6 is 11.6 Å². The van der Waals surface area contributed by atoms with Gasteiger partial charge in [0.2, 0.25) is 5.91 Å². The van der Waals surface area contributed by atoms with Gasteiger partial charge in [0.1, 0.15) is 5.82 Å². The second-order valence-corrected chi connectivity index (χ2v) is 6.38. The van der Waals surface area contributed by atoms with E-state index in [1.54, 1.807) is 17.6 Å². The lowest BCUT2D eigenvalue weighted by Crippen LogP contribution is -2.31. The molecule has 0 aliphatic heterocycles. The molecular weight excluding hydrogens is 345 g/mol. The van der Waals surface area contributed by atoms with Gasteiger partial charge in [-0.3, -0.25) is 10.0 Å². The molecule has 2 aromatic rings. The zero-order valence-electron chi connectivity index (χ0n) is 14.1. The van der Waals surface area contributed by atoms with E-state index in [0.717, 1.165) is 16.7 Å². The summed E-state index contributed by atoms with van der Waals surface area (Å²) in [7, 11) is 1.51. The molecule has 6 heteroatoms. The lowest BCUT2D eigenvalue weighted by molar-refractivity contribution is -0.132. The van der Waals surface area contributed by atoms with Crippen molar-refractivity contribution in [3.63, 3.8) is 0 Å². The van der Waals surface area contributed by atoms with Gasteiger partial charge in [0.25, 0.3) is 0 Å². The number of amides is 1. The summed E-state index contributed by atoms with van der Waals surface area (Å²) < 4.78 is 18.8. The maximum absolute atomic E-state index is 13.3. The number of carbonyl (C=O) groups excluding carboxylic acids is 1. The maximum Gasteiger partial charge on any atom is 0.245 e. The number of halogens is 2. The van der Waals surface area contributed by atoms with Gasteiger partial charge in [-0.15, -0.1) is 0 Å². The molecule has 0 aliphatic carbocycles. The first kappa shape index (κ1) is 19.4. The van der Waals surface area contributed by atoms with Crippen molar-refractivity contribution in [3.8, 4) is 0 Å². The first-order valence-corrected chi connectivity index (χ1v) is 8.28. The summed E-state index contributed by atoms with van der Waals surface area (Å²) in [6.07, 6.45) is 0.0979. The van der Waals surface area contributed by atoms with Crippen LogP contribution in [0.15, 0.2) is 42.5 Å². The molecule has 4 nitrogen and oxygen atoms in total. The summed E-state index contributed by atoms with van der Waals surface area (Å²) >= 11 is 6.02. The van der Waals surface area contributed by atoms with E-state index in [-0.39, 0.29) is 18.2 Å². The molecule has 0 aliphatic rings. The molecule has 1 unspecified atom stereocenters. The Bertz CT molecular complexity index is 721. The Morgan fingerprint density at radius 2 is 1.96 bits per heavy atom. The van der Waals surface area contributed by atoms with E-state index < -0.39 is 12.0 Å². The van der Waals surface area contributed by atoms with Crippen LogP contribution in [0.3, 0.4) is 0 Å². The third-order valence-corrected chi connectivity index (χ3v) is 4.54. The summed E-state index contributed by atoms with van der Waals surface area (Å²) in [6.45, 7) is 1.96. The molecule has 0 bridgehead atoms. The normalized spacial score (nSPS) is 13.3. The van der Waals surface area contributed by atoms with Crippen molar-refractivity contribution in [1.82, 2.24) is 5.48 Å². The molecule has 2 N–H and O–H groups in total. The Morgan fingerprint density at radius 1 is 1.28 bits per heavy atom. The molecule has 1 amide bonds.